The third-order valence-corrected chi connectivity index (χ3v) is 4.12. The van der Waals surface area contributed by atoms with Gasteiger partial charge in [-0.25, -0.2) is 0 Å². The fourth-order valence-electron chi connectivity index (χ4n) is 2.22. The zero-order valence-electron chi connectivity index (χ0n) is 13.4. The first-order chi connectivity index (χ1) is 12.5. The van der Waals surface area contributed by atoms with E-state index in [0.29, 0.717) is 21.4 Å². The van der Waals surface area contributed by atoms with Crippen molar-refractivity contribution in [3.8, 4) is 0 Å². The number of hydrogen-bond acceptors (Lipinski definition) is 3. The molecule has 0 aliphatic heterocycles. The molecule has 0 saturated heterocycles. The monoisotopic (exact) mass is 385 g/mol. The molecule has 0 bridgehead atoms. The fraction of sp³-hybridized carbons (Fsp3) is 0. The number of carbonyl (C=O) groups is 2. The van der Waals surface area contributed by atoms with Crippen LogP contribution in [0.2, 0.25) is 10.0 Å². The second kappa shape index (κ2) is 7.99. The lowest BCUT2D eigenvalue weighted by molar-refractivity contribution is 0.102. The van der Waals surface area contributed by atoms with Gasteiger partial charge < -0.3 is 10.6 Å². The average molecular weight is 386 g/mol. The lowest BCUT2D eigenvalue weighted by Crippen LogP contribution is -2.17. The first-order valence-electron chi connectivity index (χ1n) is 7.62. The summed E-state index contributed by atoms with van der Waals surface area (Å²) in [5, 5.41) is 6.01. The van der Waals surface area contributed by atoms with Gasteiger partial charge in [0.25, 0.3) is 11.8 Å². The summed E-state index contributed by atoms with van der Waals surface area (Å²) in [6.07, 6.45) is 1.39. The van der Waals surface area contributed by atoms with Crippen LogP contribution in [0.1, 0.15) is 20.8 Å². The van der Waals surface area contributed by atoms with Crippen LogP contribution in [0.4, 0.5) is 11.4 Å². The molecular formula is C19H13Cl2N3O2. The summed E-state index contributed by atoms with van der Waals surface area (Å²) in [4.78, 5) is 28.8. The maximum Gasteiger partial charge on any atom is 0.274 e. The number of rotatable bonds is 4. The van der Waals surface area contributed by atoms with Gasteiger partial charge in [-0.1, -0.05) is 47.5 Å². The van der Waals surface area contributed by atoms with E-state index >= 15 is 0 Å². The lowest BCUT2D eigenvalue weighted by atomic mass is 10.2. The smallest absolute Gasteiger partial charge is 0.274 e. The van der Waals surface area contributed by atoms with Crippen molar-refractivity contribution in [3.63, 3.8) is 0 Å². The Hall–Kier alpha value is -2.89. The molecule has 0 spiro atoms. The summed E-state index contributed by atoms with van der Waals surface area (Å²) >= 11 is 12.1. The van der Waals surface area contributed by atoms with Crippen molar-refractivity contribution in [1.82, 2.24) is 4.98 Å². The van der Waals surface area contributed by atoms with Crippen molar-refractivity contribution >= 4 is 46.4 Å². The summed E-state index contributed by atoms with van der Waals surface area (Å²) < 4.78 is 0. The Morgan fingerprint density at radius 1 is 0.808 bits per heavy atom. The van der Waals surface area contributed by atoms with Crippen LogP contribution in [0.3, 0.4) is 0 Å². The predicted octanol–water partition coefficient (Wildman–Crippen LogP) is 4.89. The van der Waals surface area contributed by atoms with Crippen LogP contribution in [-0.4, -0.2) is 16.8 Å². The van der Waals surface area contributed by atoms with Gasteiger partial charge in [0, 0.05) is 17.4 Å². The van der Waals surface area contributed by atoms with Crippen LogP contribution in [0.25, 0.3) is 0 Å². The third-order valence-electron chi connectivity index (χ3n) is 3.49. The molecule has 0 aliphatic rings. The van der Waals surface area contributed by atoms with Crippen LogP contribution in [0, 0.1) is 0 Å². The number of nitrogens with one attached hydrogen (secondary N) is 2. The topological polar surface area (TPSA) is 71.1 Å². The number of aromatic nitrogens is 1. The van der Waals surface area contributed by atoms with E-state index in [0.717, 1.165) is 0 Å². The molecule has 2 amide bonds. The minimum Gasteiger partial charge on any atom is -0.321 e. The third kappa shape index (κ3) is 4.20. The first kappa shape index (κ1) is 17.9. The Balaban J connectivity index is 1.78. The Bertz CT molecular complexity index is 942. The van der Waals surface area contributed by atoms with Crippen molar-refractivity contribution in [2.24, 2.45) is 0 Å². The summed E-state index contributed by atoms with van der Waals surface area (Å²) in [5.74, 6) is -0.863. The molecule has 7 heteroatoms. The second-order valence-electron chi connectivity index (χ2n) is 5.30. The van der Waals surface area contributed by atoms with Gasteiger partial charge in [-0.2, -0.15) is 0 Å². The van der Waals surface area contributed by atoms with Crippen molar-refractivity contribution < 1.29 is 9.59 Å². The van der Waals surface area contributed by atoms with Gasteiger partial charge >= 0.3 is 0 Å². The van der Waals surface area contributed by atoms with E-state index < -0.39 is 11.8 Å². The predicted molar refractivity (Wildman–Crippen MR) is 103 cm³/mol. The van der Waals surface area contributed by atoms with Crippen molar-refractivity contribution in [2.45, 2.75) is 0 Å². The van der Waals surface area contributed by atoms with Gasteiger partial charge in [-0.15, -0.1) is 0 Å². The largest absolute Gasteiger partial charge is 0.321 e. The maximum absolute atomic E-state index is 12.5. The molecular weight excluding hydrogens is 373 g/mol. The molecule has 3 rings (SSSR count). The van der Waals surface area contributed by atoms with Crippen molar-refractivity contribution in [1.29, 1.82) is 0 Å². The average Bonchev–Trinajstić information content (AvgIpc) is 2.65. The summed E-state index contributed by atoms with van der Waals surface area (Å²) in [5.41, 5.74) is 1.32. The highest BCUT2D eigenvalue weighted by atomic mass is 35.5. The summed E-state index contributed by atoms with van der Waals surface area (Å²) in [6.45, 7) is 0. The first-order valence-corrected chi connectivity index (χ1v) is 8.38. The van der Waals surface area contributed by atoms with Crippen LogP contribution in [-0.2, 0) is 0 Å². The quantitative estimate of drug-likeness (QED) is 0.671. The number of hydrogen-bond donors (Lipinski definition) is 2. The number of pyridine rings is 1. The molecule has 1 aromatic heterocycles. The highest BCUT2D eigenvalue weighted by Gasteiger charge is 2.14. The van der Waals surface area contributed by atoms with Gasteiger partial charge in [-0.05, 0) is 36.4 Å². The Morgan fingerprint density at radius 3 is 2.19 bits per heavy atom. The SMILES string of the molecule is O=C(Nc1c(Cl)cccc1Cl)c1ccnc(C(=O)Nc2ccccc2)c1. The molecule has 130 valence electrons. The number of carbonyl (C=O) groups excluding carboxylic acids is 2. The minimum atomic E-state index is -0.448. The number of benzene rings is 2. The molecule has 0 radical (unpaired) electrons. The summed E-state index contributed by atoms with van der Waals surface area (Å²) in [6, 6.07) is 16.8. The van der Waals surface area contributed by atoms with E-state index in [9.17, 15) is 9.59 Å². The molecule has 0 unspecified atom stereocenters. The highest BCUT2D eigenvalue weighted by Crippen LogP contribution is 2.30. The van der Waals surface area contributed by atoms with E-state index in [1.165, 1.54) is 18.3 Å². The number of anilines is 2. The molecule has 0 saturated carbocycles. The molecule has 2 N–H and O–H groups in total. The van der Waals surface area contributed by atoms with Gasteiger partial charge in [0.15, 0.2) is 0 Å². The van der Waals surface area contributed by atoms with Crippen molar-refractivity contribution in [2.75, 3.05) is 10.6 Å². The van der Waals surface area contributed by atoms with Crippen molar-refractivity contribution in [3.05, 3.63) is 88.2 Å². The molecule has 5 nitrogen and oxygen atoms in total. The standard InChI is InChI=1S/C19H13Cl2N3O2/c20-14-7-4-8-15(21)17(14)24-18(25)12-9-10-22-16(11-12)19(26)23-13-5-2-1-3-6-13/h1-11H,(H,23,26)(H,24,25). The number of nitrogens with zero attached hydrogens (tertiary/aromatic N) is 1. The molecule has 0 fully saturated rings. The van der Waals surface area contributed by atoms with Crippen LogP contribution >= 0.6 is 23.2 Å². The fourth-order valence-corrected chi connectivity index (χ4v) is 2.71. The molecule has 0 atom stereocenters. The Morgan fingerprint density at radius 2 is 1.50 bits per heavy atom. The number of para-hydroxylation sites is 2. The van der Waals surface area contributed by atoms with E-state index in [4.69, 9.17) is 23.2 Å². The van der Waals surface area contributed by atoms with E-state index in [-0.39, 0.29) is 11.3 Å². The molecule has 3 aromatic rings. The van der Waals surface area contributed by atoms with Crippen LogP contribution in [0.15, 0.2) is 66.9 Å². The van der Waals surface area contributed by atoms with Gasteiger partial charge in [0.05, 0.1) is 15.7 Å². The Kier molecular flexibility index (Phi) is 5.51. The summed E-state index contributed by atoms with van der Waals surface area (Å²) in [7, 11) is 0. The van der Waals surface area contributed by atoms with Gasteiger partial charge in [0.2, 0.25) is 0 Å². The van der Waals surface area contributed by atoms with Gasteiger partial charge in [-0.3, -0.25) is 14.6 Å². The molecule has 26 heavy (non-hydrogen) atoms. The molecule has 0 aliphatic carbocycles. The zero-order chi connectivity index (χ0) is 18.5. The van der Waals surface area contributed by atoms with E-state index in [1.807, 2.05) is 6.07 Å². The van der Waals surface area contributed by atoms with Crippen LogP contribution in [0.5, 0.6) is 0 Å². The normalized spacial score (nSPS) is 10.2. The Labute approximate surface area is 160 Å². The van der Waals surface area contributed by atoms with E-state index in [2.05, 4.69) is 15.6 Å². The highest BCUT2D eigenvalue weighted by molar-refractivity contribution is 6.40. The molecule has 1 heterocycles. The van der Waals surface area contributed by atoms with Gasteiger partial charge in [0.1, 0.15) is 5.69 Å². The number of halogens is 2. The minimum absolute atomic E-state index is 0.117. The maximum atomic E-state index is 12.5. The lowest BCUT2D eigenvalue weighted by Gasteiger charge is -2.10. The number of amides is 2. The zero-order valence-corrected chi connectivity index (χ0v) is 14.9. The molecule has 2 aromatic carbocycles. The second-order valence-corrected chi connectivity index (χ2v) is 6.12. The van der Waals surface area contributed by atoms with Crippen LogP contribution < -0.4 is 10.6 Å². The van der Waals surface area contributed by atoms with E-state index in [1.54, 1.807) is 42.5 Å².